The molecule has 1 unspecified atom stereocenters. The molecule has 2 aromatic rings. The standard InChI is InChI=1S/C20H22ClN7O/c1-11(2)26-19(29)20(8-7-13-5-4-6-15(21)16(13)28-20)12(3)27-18-14(9-22)17(23)24-10-25-18/h4-8,10-12,28H,1-3H3,(H,26,29)(H3,23,24,25,27)/t12?,20-/m0/s1. The first kappa shape index (κ1) is 20.4. The lowest BCUT2D eigenvalue weighted by molar-refractivity contribution is -0.124. The maximum absolute atomic E-state index is 13.3. The summed E-state index contributed by atoms with van der Waals surface area (Å²) in [5.41, 5.74) is 6.26. The van der Waals surface area contributed by atoms with E-state index in [1.54, 1.807) is 12.1 Å². The normalized spacial score (nSPS) is 18.3. The predicted molar refractivity (Wildman–Crippen MR) is 114 cm³/mol. The molecule has 0 saturated heterocycles. The van der Waals surface area contributed by atoms with Crippen molar-refractivity contribution >= 4 is 40.9 Å². The predicted octanol–water partition coefficient (Wildman–Crippen LogP) is 2.79. The van der Waals surface area contributed by atoms with Crippen LogP contribution >= 0.6 is 11.6 Å². The molecule has 9 heteroatoms. The van der Waals surface area contributed by atoms with Gasteiger partial charge >= 0.3 is 0 Å². The lowest BCUT2D eigenvalue weighted by Crippen LogP contribution is -2.62. The molecule has 1 aromatic carbocycles. The van der Waals surface area contributed by atoms with Crippen molar-refractivity contribution in [3.8, 4) is 6.07 Å². The number of halogens is 1. The van der Waals surface area contributed by atoms with E-state index in [1.165, 1.54) is 6.33 Å². The van der Waals surface area contributed by atoms with Gasteiger partial charge in [-0.2, -0.15) is 5.26 Å². The summed E-state index contributed by atoms with van der Waals surface area (Å²) in [6, 6.07) is 6.92. The number of hydrogen-bond acceptors (Lipinski definition) is 7. The van der Waals surface area contributed by atoms with Crippen LogP contribution in [-0.4, -0.2) is 33.5 Å². The van der Waals surface area contributed by atoms with E-state index in [4.69, 9.17) is 17.3 Å². The molecule has 0 fully saturated rings. The number of aromatic nitrogens is 2. The second kappa shape index (κ2) is 7.97. The second-order valence-corrected chi connectivity index (χ2v) is 7.53. The van der Waals surface area contributed by atoms with E-state index in [0.29, 0.717) is 10.7 Å². The molecule has 0 spiro atoms. The van der Waals surface area contributed by atoms with E-state index in [0.717, 1.165) is 5.56 Å². The van der Waals surface area contributed by atoms with Crippen LogP contribution in [0.5, 0.6) is 0 Å². The highest BCUT2D eigenvalue weighted by atomic mass is 35.5. The van der Waals surface area contributed by atoms with Crippen LogP contribution in [0.25, 0.3) is 6.08 Å². The van der Waals surface area contributed by atoms with Gasteiger partial charge in [0.25, 0.3) is 5.91 Å². The van der Waals surface area contributed by atoms with Crippen LogP contribution in [0.1, 0.15) is 31.9 Å². The van der Waals surface area contributed by atoms with Crippen LogP contribution in [0.3, 0.4) is 0 Å². The summed E-state index contributed by atoms with van der Waals surface area (Å²) in [5.74, 6) is 0.0812. The van der Waals surface area contributed by atoms with Gasteiger partial charge < -0.3 is 21.7 Å². The number of benzene rings is 1. The number of carbonyl (C=O) groups excluding carboxylic acids is 1. The van der Waals surface area contributed by atoms with Crippen LogP contribution in [-0.2, 0) is 4.79 Å². The SMILES string of the molecule is CC(C)NC(=O)[C@@]1(C(C)Nc2ncnc(N)c2C#N)C=Cc2cccc(Cl)c2N1. The lowest BCUT2D eigenvalue weighted by atomic mass is 9.85. The zero-order valence-corrected chi connectivity index (χ0v) is 17.1. The van der Waals surface area contributed by atoms with Crippen LogP contribution < -0.4 is 21.7 Å². The van der Waals surface area contributed by atoms with Gasteiger partial charge in [-0.05, 0) is 38.5 Å². The van der Waals surface area contributed by atoms with Crippen molar-refractivity contribution in [2.24, 2.45) is 0 Å². The first-order valence-corrected chi connectivity index (χ1v) is 9.50. The highest BCUT2D eigenvalue weighted by Gasteiger charge is 2.44. The summed E-state index contributed by atoms with van der Waals surface area (Å²) < 4.78 is 0. The molecule has 8 nitrogen and oxygen atoms in total. The Hall–Kier alpha value is -3.31. The van der Waals surface area contributed by atoms with Crippen molar-refractivity contribution < 1.29 is 4.79 Å². The number of nitrogens with two attached hydrogens (primary N) is 1. The molecule has 150 valence electrons. The Morgan fingerprint density at radius 1 is 1.34 bits per heavy atom. The van der Waals surface area contributed by atoms with Crippen LogP contribution in [0.4, 0.5) is 17.3 Å². The van der Waals surface area contributed by atoms with Gasteiger partial charge in [0.2, 0.25) is 0 Å². The number of fused-ring (bicyclic) bond motifs is 1. The van der Waals surface area contributed by atoms with Crippen LogP contribution in [0, 0.1) is 11.3 Å². The molecule has 0 aliphatic carbocycles. The lowest BCUT2D eigenvalue weighted by Gasteiger charge is -2.40. The molecule has 2 atom stereocenters. The van der Waals surface area contributed by atoms with Gasteiger partial charge in [-0.15, -0.1) is 0 Å². The average Bonchev–Trinajstić information content (AvgIpc) is 2.67. The van der Waals surface area contributed by atoms with E-state index in [2.05, 4.69) is 25.9 Å². The Morgan fingerprint density at radius 3 is 2.79 bits per heavy atom. The zero-order chi connectivity index (χ0) is 21.2. The first-order chi connectivity index (χ1) is 13.8. The Balaban J connectivity index is 2.04. The van der Waals surface area contributed by atoms with Gasteiger partial charge in [0, 0.05) is 6.04 Å². The van der Waals surface area contributed by atoms with Crippen molar-refractivity contribution in [1.29, 1.82) is 5.26 Å². The fraction of sp³-hybridized carbons (Fsp3) is 0.300. The fourth-order valence-electron chi connectivity index (χ4n) is 3.18. The summed E-state index contributed by atoms with van der Waals surface area (Å²) in [6.07, 6.45) is 4.91. The smallest absolute Gasteiger partial charge is 0.252 e. The third-order valence-corrected chi connectivity index (χ3v) is 5.04. The summed E-state index contributed by atoms with van der Waals surface area (Å²) in [6.45, 7) is 5.59. The molecule has 2 heterocycles. The molecule has 1 amide bonds. The topological polar surface area (TPSA) is 129 Å². The van der Waals surface area contributed by atoms with Crippen molar-refractivity contribution in [1.82, 2.24) is 15.3 Å². The van der Waals surface area contributed by atoms with E-state index in [-0.39, 0.29) is 29.1 Å². The minimum absolute atomic E-state index is 0.0680. The molecule has 5 N–H and O–H groups in total. The van der Waals surface area contributed by atoms with Gasteiger partial charge in [0.15, 0.2) is 5.54 Å². The van der Waals surface area contributed by atoms with Crippen molar-refractivity contribution in [2.75, 3.05) is 16.4 Å². The summed E-state index contributed by atoms with van der Waals surface area (Å²) in [5, 5.41) is 19.3. The minimum Gasteiger partial charge on any atom is -0.382 e. The van der Waals surface area contributed by atoms with Gasteiger partial charge in [0.1, 0.15) is 29.6 Å². The zero-order valence-electron chi connectivity index (χ0n) is 16.3. The van der Waals surface area contributed by atoms with Crippen LogP contribution in [0.15, 0.2) is 30.6 Å². The van der Waals surface area contributed by atoms with E-state index in [9.17, 15) is 10.1 Å². The number of amides is 1. The van der Waals surface area contributed by atoms with Crippen molar-refractivity contribution in [3.63, 3.8) is 0 Å². The molecule has 1 aromatic heterocycles. The Morgan fingerprint density at radius 2 is 2.10 bits per heavy atom. The third-order valence-electron chi connectivity index (χ3n) is 4.72. The van der Waals surface area contributed by atoms with Gasteiger partial charge in [-0.1, -0.05) is 29.8 Å². The first-order valence-electron chi connectivity index (χ1n) is 9.12. The molecule has 0 saturated carbocycles. The number of nitrogens with zero attached hydrogens (tertiary/aromatic N) is 3. The van der Waals surface area contributed by atoms with E-state index < -0.39 is 11.6 Å². The number of rotatable bonds is 5. The van der Waals surface area contributed by atoms with Crippen molar-refractivity contribution in [2.45, 2.75) is 38.4 Å². The maximum Gasteiger partial charge on any atom is 0.252 e. The number of nitrogen functional groups attached to an aromatic ring is 1. The number of carbonyl (C=O) groups is 1. The fourth-order valence-corrected chi connectivity index (χ4v) is 3.41. The monoisotopic (exact) mass is 411 g/mol. The molecular weight excluding hydrogens is 390 g/mol. The Kier molecular flexibility index (Phi) is 5.62. The van der Waals surface area contributed by atoms with E-state index >= 15 is 0 Å². The second-order valence-electron chi connectivity index (χ2n) is 7.12. The molecule has 0 bridgehead atoms. The number of nitriles is 1. The highest BCUT2D eigenvalue weighted by molar-refractivity contribution is 6.33. The Bertz CT molecular complexity index is 1010. The number of nitrogens with one attached hydrogen (secondary N) is 3. The van der Waals surface area contributed by atoms with Gasteiger partial charge in [0.05, 0.1) is 16.8 Å². The molecule has 1 aliphatic heterocycles. The quantitative estimate of drug-likeness (QED) is 0.595. The average molecular weight is 412 g/mol. The van der Waals surface area contributed by atoms with Crippen molar-refractivity contribution in [3.05, 3.63) is 46.8 Å². The molecular formula is C20H22ClN7O. The summed E-state index contributed by atoms with van der Waals surface area (Å²) in [4.78, 5) is 21.2. The molecule has 0 radical (unpaired) electrons. The number of para-hydroxylation sites is 1. The summed E-state index contributed by atoms with van der Waals surface area (Å²) in [7, 11) is 0. The van der Waals surface area contributed by atoms with Crippen LogP contribution in [0.2, 0.25) is 5.02 Å². The Labute approximate surface area is 174 Å². The number of hydrogen-bond donors (Lipinski definition) is 4. The van der Waals surface area contributed by atoms with Gasteiger partial charge in [-0.25, -0.2) is 9.97 Å². The third kappa shape index (κ3) is 3.82. The maximum atomic E-state index is 13.3. The molecule has 1 aliphatic rings. The highest BCUT2D eigenvalue weighted by Crippen LogP contribution is 2.36. The summed E-state index contributed by atoms with van der Waals surface area (Å²) >= 11 is 6.38. The van der Waals surface area contributed by atoms with E-state index in [1.807, 2.05) is 45.0 Å². The minimum atomic E-state index is -1.19. The largest absolute Gasteiger partial charge is 0.382 e. The molecule has 29 heavy (non-hydrogen) atoms. The molecule has 3 rings (SSSR count). The van der Waals surface area contributed by atoms with Gasteiger partial charge in [-0.3, -0.25) is 4.79 Å². The number of anilines is 3.